The highest BCUT2D eigenvalue weighted by Gasteiger charge is 2.22. The van der Waals surface area contributed by atoms with Crippen LogP contribution in [0.2, 0.25) is 0 Å². The van der Waals surface area contributed by atoms with Crippen molar-refractivity contribution in [1.29, 1.82) is 5.26 Å². The molecule has 2 heterocycles. The molecule has 0 atom stereocenters. The number of pyridine rings is 1. The first kappa shape index (κ1) is 12.7. The van der Waals surface area contributed by atoms with Crippen molar-refractivity contribution in [2.24, 2.45) is 0 Å². The third-order valence-electron chi connectivity index (χ3n) is 3.86. The van der Waals surface area contributed by atoms with Crippen molar-refractivity contribution in [1.82, 2.24) is 4.98 Å². The average Bonchev–Trinajstić information content (AvgIpc) is 2.46. The zero-order valence-electron chi connectivity index (χ0n) is 11.8. The molecule has 1 aromatic carbocycles. The van der Waals surface area contributed by atoms with E-state index in [-0.39, 0.29) is 0 Å². The summed E-state index contributed by atoms with van der Waals surface area (Å²) in [6, 6.07) is 10.7. The molecule has 100 valence electrons. The third-order valence-corrected chi connectivity index (χ3v) is 3.86. The molecule has 0 saturated carbocycles. The van der Waals surface area contributed by atoms with Gasteiger partial charge < -0.3 is 4.90 Å². The highest BCUT2D eigenvalue weighted by atomic mass is 15.2. The number of rotatable bonds is 1. The van der Waals surface area contributed by atoms with Crippen LogP contribution in [0.5, 0.6) is 0 Å². The van der Waals surface area contributed by atoms with Crippen LogP contribution >= 0.6 is 0 Å². The van der Waals surface area contributed by atoms with Crippen molar-refractivity contribution in [2.75, 3.05) is 11.4 Å². The molecule has 0 bridgehead atoms. The quantitative estimate of drug-likeness (QED) is 0.788. The van der Waals surface area contributed by atoms with E-state index in [1.54, 1.807) is 6.20 Å². The fourth-order valence-corrected chi connectivity index (χ4v) is 2.83. The van der Waals surface area contributed by atoms with Crippen LogP contribution in [0.3, 0.4) is 0 Å². The lowest BCUT2D eigenvalue weighted by molar-refractivity contribution is 0.758. The Kier molecular flexibility index (Phi) is 3.15. The molecule has 0 unspecified atom stereocenters. The van der Waals surface area contributed by atoms with Crippen molar-refractivity contribution < 1.29 is 0 Å². The fraction of sp³-hybridized carbons (Fsp3) is 0.294. The van der Waals surface area contributed by atoms with Gasteiger partial charge in [0.2, 0.25) is 0 Å². The van der Waals surface area contributed by atoms with Gasteiger partial charge in [0.25, 0.3) is 0 Å². The third kappa shape index (κ3) is 2.04. The molecule has 3 nitrogen and oxygen atoms in total. The number of hydrogen-bond acceptors (Lipinski definition) is 3. The maximum atomic E-state index is 9.41. The van der Waals surface area contributed by atoms with Gasteiger partial charge in [0, 0.05) is 18.4 Å². The van der Waals surface area contributed by atoms with Gasteiger partial charge >= 0.3 is 0 Å². The highest BCUT2D eigenvalue weighted by Crippen LogP contribution is 2.35. The molecule has 0 amide bonds. The molecule has 0 radical (unpaired) electrons. The standard InChI is InChI=1S/C17H17N3/c1-12-5-6-16-14(10-12)4-3-9-20(16)17-15(11-18)13(2)7-8-19-17/h5-8,10H,3-4,9H2,1-2H3. The van der Waals surface area contributed by atoms with E-state index in [1.165, 1.54) is 16.8 Å². The molecule has 3 rings (SSSR count). The highest BCUT2D eigenvalue weighted by molar-refractivity contribution is 5.70. The lowest BCUT2D eigenvalue weighted by Crippen LogP contribution is -2.26. The van der Waals surface area contributed by atoms with Gasteiger partial charge in [-0.3, -0.25) is 0 Å². The summed E-state index contributed by atoms with van der Waals surface area (Å²) < 4.78 is 0. The smallest absolute Gasteiger partial charge is 0.151 e. The van der Waals surface area contributed by atoms with Crippen LogP contribution in [0.4, 0.5) is 11.5 Å². The first-order valence-corrected chi connectivity index (χ1v) is 6.93. The van der Waals surface area contributed by atoms with Gasteiger partial charge in [-0.1, -0.05) is 17.7 Å². The van der Waals surface area contributed by atoms with Crippen molar-refractivity contribution in [2.45, 2.75) is 26.7 Å². The summed E-state index contributed by atoms with van der Waals surface area (Å²) in [6.45, 7) is 5.00. The maximum Gasteiger partial charge on any atom is 0.151 e. The van der Waals surface area contributed by atoms with Crippen molar-refractivity contribution in [3.63, 3.8) is 0 Å². The summed E-state index contributed by atoms with van der Waals surface area (Å²) in [7, 11) is 0. The lowest BCUT2D eigenvalue weighted by atomic mass is 9.99. The van der Waals surface area contributed by atoms with Crippen LogP contribution < -0.4 is 4.90 Å². The Balaban J connectivity index is 2.15. The predicted octanol–water partition coefficient (Wildman–Crippen LogP) is 3.65. The van der Waals surface area contributed by atoms with Crippen LogP contribution in [0.15, 0.2) is 30.5 Å². The van der Waals surface area contributed by atoms with Crippen molar-refractivity contribution in [3.8, 4) is 6.07 Å². The summed E-state index contributed by atoms with van der Waals surface area (Å²) in [5.74, 6) is 0.789. The minimum absolute atomic E-state index is 0.681. The minimum Gasteiger partial charge on any atom is -0.325 e. The normalized spacial score (nSPS) is 13.8. The van der Waals surface area contributed by atoms with Gasteiger partial charge in [-0.2, -0.15) is 5.26 Å². The molecule has 2 aromatic rings. The van der Waals surface area contributed by atoms with Crippen LogP contribution in [0, 0.1) is 25.2 Å². The van der Waals surface area contributed by atoms with Crippen LogP contribution in [0.1, 0.15) is 28.7 Å². The van der Waals surface area contributed by atoms with E-state index in [4.69, 9.17) is 0 Å². The zero-order chi connectivity index (χ0) is 14.1. The topological polar surface area (TPSA) is 39.9 Å². The Morgan fingerprint density at radius 2 is 2.10 bits per heavy atom. The number of anilines is 2. The number of hydrogen-bond donors (Lipinski definition) is 0. The summed E-state index contributed by atoms with van der Waals surface area (Å²) in [5.41, 5.74) is 5.49. The van der Waals surface area contributed by atoms with Gasteiger partial charge in [0.05, 0.1) is 5.56 Å². The Morgan fingerprint density at radius 3 is 2.90 bits per heavy atom. The molecule has 0 saturated heterocycles. The van der Waals surface area contributed by atoms with E-state index in [0.717, 1.165) is 30.8 Å². The molecular formula is C17H17N3. The second-order valence-electron chi connectivity index (χ2n) is 5.33. The summed E-state index contributed by atoms with van der Waals surface area (Å²) >= 11 is 0. The molecule has 20 heavy (non-hydrogen) atoms. The predicted molar refractivity (Wildman–Crippen MR) is 80.2 cm³/mol. The number of aryl methyl sites for hydroxylation is 3. The van der Waals surface area contributed by atoms with Crippen LogP contribution in [0.25, 0.3) is 0 Å². The van der Waals surface area contributed by atoms with Gasteiger partial charge in [0.15, 0.2) is 5.82 Å². The van der Waals surface area contributed by atoms with Gasteiger partial charge in [-0.15, -0.1) is 0 Å². The van der Waals surface area contributed by atoms with E-state index < -0.39 is 0 Å². The number of aromatic nitrogens is 1. The zero-order valence-corrected chi connectivity index (χ0v) is 11.8. The largest absolute Gasteiger partial charge is 0.325 e. The number of nitrogens with zero attached hydrogens (tertiary/aromatic N) is 3. The number of fused-ring (bicyclic) bond motifs is 1. The first-order chi connectivity index (χ1) is 9.70. The van der Waals surface area contributed by atoms with E-state index in [1.807, 2.05) is 13.0 Å². The van der Waals surface area contributed by atoms with Crippen molar-refractivity contribution >= 4 is 11.5 Å². The van der Waals surface area contributed by atoms with Crippen LogP contribution in [-0.2, 0) is 6.42 Å². The molecule has 1 aromatic heterocycles. The first-order valence-electron chi connectivity index (χ1n) is 6.93. The monoisotopic (exact) mass is 263 g/mol. The second-order valence-corrected chi connectivity index (χ2v) is 5.33. The summed E-state index contributed by atoms with van der Waals surface area (Å²) in [5, 5.41) is 9.41. The van der Waals surface area contributed by atoms with Gasteiger partial charge in [-0.25, -0.2) is 4.98 Å². The Morgan fingerprint density at radius 1 is 1.25 bits per heavy atom. The minimum atomic E-state index is 0.681. The summed E-state index contributed by atoms with van der Waals surface area (Å²) in [6.07, 6.45) is 3.98. The van der Waals surface area contributed by atoms with E-state index in [0.29, 0.717) is 5.56 Å². The summed E-state index contributed by atoms with van der Waals surface area (Å²) in [4.78, 5) is 6.64. The maximum absolute atomic E-state index is 9.41. The Bertz CT molecular complexity index is 698. The molecular weight excluding hydrogens is 246 g/mol. The number of nitriles is 1. The Hall–Kier alpha value is -2.34. The van der Waals surface area contributed by atoms with Crippen LogP contribution in [-0.4, -0.2) is 11.5 Å². The molecule has 1 aliphatic rings. The molecule has 0 spiro atoms. The average molecular weight is 263 g/mol. The molecule has 0 N–H and O–H groups in total. The van der Waals surface area contributed by atoms with Gasteiger partial charge in [-0.05, 0) is 49.9 Å². The molecule has 0 aliphatic carbocycles. The second kappa shape index (κ2) is 4.97. The number of benzene rings is 1. The Labute approximate surface area is 119 Å². The van der Waals surface area contributed by atoms with E-state index in [9.17, 15) is 5.26 Å². The molecule has 1 aliphatic heterocycles. The van der Waals surface area contributed by atoms with Gasteiger partial charge in [0.1, 0.15) is 6.07 Å². The van der Waals surface area contributed by atoms with E-state index >= 15 is 0 Å². The SMILES string of the molecule is Cc1ccc2c(c1)CCCN2c1nccc(C)c1C#N. The molecule has 3 heteroatoms. The van der Waals surface area contributed by atoms with Crippen molar-refractivity contribution in [3.05, 3.63) is 52.7 Å². The fourth-order valence-electron chi connectivity index (χ4n) is 2.83. The lowest BCUT2D eigenvalue weighted by Gasteiger charge is -2.31. The molecule has 0 fully saturated rings. The van der Waals surface area contributed by atoms with E-state index in [2.05, 4.69) is 41.1 Å².